The number of amides is 1. The second kappa shape index (κ2) is 7.75. The SMILES string of the molecule is COc1cccc(-c2csc3c(=O)[nH]c(N4CCCC(C(=O)NC5CC5)C4)nc23)c1. The molecule has 1 saturated heterocycles. The van der Waals surface area contributed by atoms with Gasteiger partial charge in [0.1, 0.15) is 10.4 Å². The van der Waals surface area contributed by atoms with Crippen molar-refractivity contribution in [3.05, 3.63) is 40.0 Å². The lowest BCUT2D eigenvalue weighted by Crippen LogP contribution is -2.44. The zero-order valence-electron chi connectivity index (χ0n) is 16.8. The average molecular weight is 425 g/mol. The highest BCUT2D eigenvalue weighted by atomic mass is 32.1. The zero-order valence-corrected chi connectivity index (χ0v) is 17.6. The summed E-state index contributed by atoms with van der Waals surface area (Å²) in [5, 5.41) is 5.07. The van der Waals surface area contributed by atoms with Gasteiger partial charge in [0.15, 0.2) is 0 Å². The Balaban J connectivity index is 1.47. The van der Waals surface area contributed by atoms with E-state index in [4.69, 9.17) is 9.72 Å². The first-order valence-corrected chi connectivity index (χ1v) is 11.2. The van der Waals surface area contributed by atoms with Crippen molar-refractivity contribution in [3.63, 3.8) is 0 Å². The Bertz CT molecular complexity index is 1150. The Kier molecular flexibility index (Phi) is 4.94. The molecular formula is C22H24N4O3S. The molecule has 0 radical (unpaired) electrons. The van der Waals surface area contributed by atoms with Crippen LogP contribution in [-0.4, -0.2) is 42.1 Å². The quantitative estimate of drug-likeness (QED) is 0.657. The summed E-state index contributed by atoms with van der Waals surface area (Å²) in [6.45, 7) is 1.35. The van der Waals surface area contributed by atoms with Crippen LogP contribution in [0.2, 0.25) is 0 Å². The summed E-state index contributed by atoms with van der Waals surface area (Å²) >= 11 is 1.39. The molecule has 2 fully saturated rings. The van der Waals surface area contributed by atoms with Crippen LogP contribution in [0.1, 0.15) is 25.7 Å². The summed E-state index contributed by atoms with van der Waals surface area (Å²) in [6.07, 6.45) is 3.93. The molecule has 2 aromatic heterocycles. The van der Waals surface area contributed by atoms with Crippen molar-refractivity contribution in [2.75, 3.05) is 25.1 Å². The number of hydrogen-bond donors (Lipinski definition) is 2. The molecule has 7 nitrogen and oxygen atoms in total. The number of aromatic nitrogens is 2. The molecule has 30 heavy (non-hydrogen) atoms. The van der Waals surface area contributed by atoms with E-state index in [-0.39, 0.29) is 17.4 Å². The summed E-state index contributed by atoms with van der Waals surface area (Å²) in [4.78, 5) is 35.1. The first-order valence-electron chi connectivity index (χ1n) is 10.3. The summed E-state index contributed by atoms with van der Waals surface area (Å²) in [5.74, 6) is 1.36. The van der Waals surface area contributed by atoms with E-state index in [1.54, 1.807) is 7.11 Å². The fraction of sp³-hybridized carbons (Fsp3) is 0.409. The van der Waals surface area contributed by atoms with Crippen LogP contribution in [0.25, 0.3) is 21.3 Å². The van der Waals surface area contributed by atoms with Crippen molar-refractivity contribution in [2.45, 2.75) is 31.7 Å². The molecule has 3 heterocycles. The Labute approximate surface area is 178 Å². The van der Waals surface area contributed by atoms with E-state index in [0.717, 1.165) is 49.1 Å². The minimum Gasteiger partial charge on any atom is -0.497 e. The lowest BCUT2D eigenvalue weighted by molar-refractivity contribution is -0.125. The van der Waals surface area contributed by atoms with Crippen molar-refractivity contribution in [3.8, 4) is 16.9 Å². The number of aromatic amines is 1. The van der Waals surface area contributed by atoms with Crippen molar-refractivity contribution in [1.29, 1.82) is 0 Å². The summed E-state index contributed by atoms with van der Waals surface area (Å²) in [7, 11) is 1.64. The van der Waals surface area contributed by atoms with Gasteiger partial charge >= 0.3 is 0 Å². The monoisotopic (exact) mass is 424 g/mol. The van der Waals surface area contributed by atoms with Gasteiger partial charge in [-0.3, -0.25) is 14.6 Å². The van der Waals surface area contributed by atoms with Crippen LogP contribution in [0.4, 0.5) is 5.95 Å². The number of hydrogen-bond acceptors (Lipinski definition) is 6. The highest BCUT2D eigenvalue weighted by Crippen LogP contribution is 2.33. The Morgan fingerprint density at radius 3 is 3.00 bits per heavy atom. The second-order valence-corrected chi connectivity index (χ2v) is 8.90. The number of nitrogens with zero attached hydrogens (tertiary/aromatic N) is 2. The van der Waals surface area contributed by atoms with Crippen molar-refractivity contribution in [2.24, 2.45) is 5.92 Å². The summed E-state index contributed by atoms with van der Waals surface area (Å²) in [6, 6.07) is 8.12. The molecule has 3 aromatic rings. The molecule has 1 aromatic carbocycles. The molecule has 0 bridgehead atoms. The zero-order chi connectivity index (χ0) is 20.7. The lowest BCUT2D eigenvalue weighted by Gasteiger charge is -2.32. The number of methoxy groups -OCH3 is 1. The van der Waals surface area contributed by atoms with Gasteiger partial charge in [0.25, 0.3) is 5.56 Å². The van der Waals surface area contributed by atoms with Gasteiger partial charge in [-0.05, 0) is 43.4 Å². The number of thiophene rings is 1. The molecule has 1 aliphatic heterocycles. The number of benzene rings is 1. The summed E-state index contributed by atoms with van der Waals surface area (Å²) in [5.41, 5.74) is 2.43. The minimum atomic E-state index is -0.140. The van der Waals surface area contributed by atoms with E-state index in [1.165, 1.54) is 11.3 Å². The first kappa shape index (κ1) is 19.1. The Morgan fingerprint density at radius 1 is 1.33 bits per heavy atom. The van der Waals surface area contributed by atoms with Gasteiger partial charge in [0.05, 0.1) is 18.5 Å². The van der Waals surface area contributed by atoms with Crippen LogP contribution in [0.15, 0.2) is 34.4 Å². The Morgan fingerprint density at radius 2 is 2.20 bits per heavy atom. The molecule has 2 N–H and O–H groups in total. The topological polar surface area (TPSA) is 87.3 Å². The van der Waals surface area contributed by atoms with E-state index < -0.39 is 0 Å². The van der Waals surface area contributed by atoms with E-state index in [0.29, 0.717) is 28.8 Å². The Hall–Kier alpha value is -2.87. The van der Waals surface area contributed by atoms with Crippen molar-refractivity contribution in [1.82, 2.24) is 15.3 Å². The molecule has 1 unspecified atom stereocenters. The third-order valence-electron chi connectivity index (χ3n) is 5.81. The van der Waals surface area contributed by atoms with Crippen LogP contribution < -0.4 is 20.5 Å². The molecule has 1 amide bonds. The van der Waals surface area contributed by atoms with Crippen molar-refractivity contribution >= 4 is 33.4 Å². The van der Waals surface area contributed by atoms with E-state index in [9.17, 15) is 9.59 Å². The molecule has 1 atom stereocenters. The highest BCUT2D eigenvalue weighted by molar-refractivity contribution is 7.17. The third kappa shape index (κ3) is 3.67. The fourth-order valence-electron chi connectivity index (χ4n) is 3.99. The minimum absolute atomic E-state index is 0.0688. The van der Waals surface area contributed by atoms with Gasteiger partial charge in [0, 0.05) is 30.1 Å². The standard InChI is InChI=1S/C22H24N4O3S/c1-29-16-6-2-4-13(10-16)17-12-30-19-18(17)24-22(25-21(19)28)26-9-3-5-14(11-26)20(27)23-15-7-8-15/h2,4,6,10,12,14-15H,3,5,7-9,11H2,1H3,(H,23,27)(H,24,25,28). The van der Waals surface area contributed by atoms with E-state index in [1.807, 2.05) is 34.5 Å². The number of rotatable bonds is 5. The molecule has 2 aliphatic rings. The van der Waals surface area contributed by atoms with Crippen LogP contribution in [0.5, 0.6) is 5.75 Å². The van der Waals surface area contributed by atoms with Gasteiger partial charge in [-0.1, -0.05) is 12.1 Å². The molecule has 5 rings (SSSR count). The van der Waals surface area contributed by atoms with Crippen LogP contribution in [0.3, 0.4) is 0 Å². The normalized spacial score (nSPS) is 19.1. The van der Waals surface area contributed by atoms with Gasteiger partial charge in [-0.2, -0.15) is 0 Å². The van der Waals surface area contributed by atoms with E-state index >= 15 is 0 Å². The summed E-state index contributed by atoms with van der Waals surface area (Å²) < 4.78 is 5.95. The number of carbonyl (C=O) groups is 1. The number of fused-ring (bicyclic) bond motifs is 1. The smallest absolute Gasteiger partial charge is 0.270 e. The van der Waals surface area contributed by atoms with Gasteiger partial charge in [-0.25, -0.2) is 4.98 Å². The van der Waals surface area contributed by atoms with Gasteiger partial charge < -0.3 is 15.0 Å². The first-order chi connectivity index (χ1) is 14.6. The van der Waals surface area contributed by atoms with Gasteiger partial charge in [-0.15, -0.1) is 11.3 Å². The number of H-pyrrole nitrogens is 1. The fourth-order valence-corrected chi connectivity index (χ4v) is 4.90. The maximum absolute atomic E-state index is 12.8. The predicted molar refractivity (Wildman–Crippen MR) is 118 cm³/mol. The molecule has 1 saturated carbocycles. The predicted octanol–water partition coefficient (Wildman–Crippen LogP) is 3.16. The highest BCUT2D eigenvalue weighted by Gasteiger charge is 2.31. The number of carbonyl (C=O) groups excluding carboxylic acids is 1. The van der Waals surface area contributed by atoms with Crippen LogP contribution in [0, 0.1) is 5.92 Å². The second-order valence-electron chi connectivity index (χ2n) is 8.02. The average Bonchev–Trinajstić information content (AvgIpc) is 3.48. The number of anilines is 1. The lowest BCUT2D eigenvalue weighted by atomic mass is 9.97. The molecule has 8 heteroatoms. The molecule has 1 aliphatic carbocycles. The van der Waals surface area contributed by atoms with Crippen molar-refractivity contribution < 1.29 is 9.53 Å². The van der Waals surface area contributed by atoms with Crippen LogP contribution in [-0.2, 0) is 4.79 Å². The number of piperidine rings is 1. The maximum Gasteiger partial charge on any atom is 0.270 e. The number of nitrogens with one attached hydrogen (secondary N) is 2. The maximum atomic E-state index is 12.8. The third-order valence-corrected chi connectivity index (χ3v) is 6.78. The van der Waals surface area contributed by atoms with Crippen LogP contribution >= 0.6 is 11.3 Å². The molecular weight excluding hydrogens is 400 g/mol. The van der Waals surface area contributed by atoms with Gasteiger partial charge in [0.2, 0.25) is 11.9 Å². The molecule has 0 spiro atoms. The number of ether oxygens (including phenoxy) is 1. The van der Waals surface area contributed by atoms with E-state index in [2.05, 4.69) is 10.3 Å². The largest absolute Gasteiger partial charge is 0.497 e. The molecule has 156 valence electrons.